The van der Waals surface area contributed by atoms with Crippen LogP contribution in [0.2, 0.25) is 5.02 Å². The predicted octanol–water partition coefficient (Wildman–Crippen LogP) is 3.95. The van der Waals surface area contributed by atoms with Crippen molar-refractivity contribution < 1.29 is 14.3 Å². The molecule has 0 bridgehead atoms. The van der Waals surface area contributed by atoms with Crippen LogP contribution in [0.25, 0.3) is 11.0 Å². The number of H-pyrrole nitrogens is 1. The highest BCUT2D eigenvalue weighted by Crippen LogP contribution is 2.40. The Balaban J connectivity index is 1.91. The Morgan fingerprint density at radius 3 is 2.75 bits per heavy atom. The number of anilines is 1. The van der Waals surface area contributed by atoms with E-state index >= 15 is 0 Å². The van der Waals surface area contributed by atoms with Gasteiger partial charge in [-0.3, -0.25) is 4.79 Å². The van der Waals surface area contributed by atoms with Gasteiger partial charge in [0.1, 0.15) is 16.9 Å². The Bertz CT molecular complexity index is 1110. The number of aromatic nitrogens is 2. The molecule has 0 aliphatic carbocycles. The van der Waals surface area contributed by atoms with Crippen molar-refractivity contribution in [2.45, 2.75) is 12.5 Å². The van der Waals surface area contributed by atoms with E-state index in [9.17, 15) is 4.79 Å². The number of aromatic amines is 1. The first-order chi connectivity index (χ1) is 13.5. The van der Waals surface area contributed by atoms with Crippen LogP contribution < -0.4 is 5.32 Å². The monoisotopic (exact) mass is 398 g/mol. The van der Waals surface area contributed by atoms with Crippen molar-refractivity contribution in [3.63, 3.8) is 0 Å². The Morgan fingerprint density at radius 1 is 1.25 bits per heavy atom. The molecule has 3 heterocycles. The molecule has 0 saturated heterocycles. The molecule has 1 aliphatic rings. The van der Waals surface area contributed by atoms with Crippen molar-refractivity contribution in [1.82, 2.24) is 9.97 Å². The summed E-state index contributed by atoms with van der Waals surface area (Å²) >= 11 is 6.24. The molecule has 1 aliphatic heterocycles. The van der Waals surface area contributed by atoms with Gasteiger partial charge in [-0.05, 0) is 19.1 Å². The third-order valence-electron chi connectivity index (χ3n) is 4.77. The lowest BCUT2D eigenvalue weighted by Gasteiger charge is -2.35. The summed E-state index contributed by atoms with van der Waals surface area (Å²) in [6.07, 6.45) is 3.28. The first-order valence-corrected chi connectivity index (χ1v) is 9.06. The summed E-state index contributed by atoms with van der Waals surface area (Å²) in [5, 5.41) is 4.50. The summed E-state index contributed by atoms with van der Waals surface area (Å²) in [7, 11) is 3.18. The Kier molecular flexibility index (Phi) is 4.56. The molecule has 3 aromatic rings. The number of methoxy groups -OCH3 is 2. The fourth-order valence-electron chi connectivity index (χ4n) is 3.49. The van der Waals surface area contributed by atoms with E-state index in [1.165, 1.54) is 0 Å². The largest absolute Gasteiger partial charge is 0.482 e. The van der Waals surface area contributed by atoms with E-state index in [4.69, 9.17) is 21.1 Å². The van der Waals surface area contributed by atoms with Crippen molar-refractivity contribution in [1.29, 1.82) is 0 Å². The lowest BCUT2D eigenvalue weighted by Crippen LogP contribution is -2.49. The van der Waals surface area contributed by atoms with Gasteiger partial charge in [0.25, 0.3) is 0 Å². The van der Waals surface area contributed by atoms with E-state index in [1.54, 1.807) is 50.9 Å². The third kappa shape index (κ3) is 2.83. The molecule has 0 radical (unpaired) electrons. The number of pyridine rings is 1. The number of benzene rings is 1. The Hall–Kier alpha value is -2.90. The van der Waals surface area contributed by atoms with E-state index in [-0.39, 0.29) is 5.78 Å². The van der Waals surface area contributed by atoms with Gasteiger partial charge in [-0.2, -0.15) is 0 Å². The van der Waals surface area contributed by atoms with Crippen molar-refractivity contribution in [3.05, 3.63) is 52.8 Å². The molecule has 4 rings (SSSR count). The zero-order valence-electron chi connectivity index (χ0n) is 15.7. The molecular formula is C20H19ClN4O3. The lowest BCUT2D eigenvalue weighted by atomic mass is 9.97. The van der Waals surface area contributed by atoms with Crippen molar-refractivity contribution in [2.75, 3.05) is 26.1 Å². The van der Waals surface area contributed by atoms with Crippen molar-refractivity contribution >= 4 is 45.7 Å². The van der Waals surface area contributed by atoms with Crippen LogP contribution in [-0.4, -0.2) is 48.0 Å². The molecule has 144 valence electrons. The van der Waals surface area contributed by atoms with Crippen LogP contribution >= 0.6 is 11.6 Å². The lowest BCUT2D eigenvalue weighted by molar-refractivity contribution is 0.104. The first-order valence-electron chi connectivity index (χ1n) is 8.68. The number of ketones is 1. The summed E-state index contributed by atoms with van der Waals surface area (Å²) in [5.41, 5.74) is 2.08. The normalized spacial score (nSPS) is 18.4. The molecule has 1 atom stereocenters. The van der Waals surface area contributed by atoms with Crippen LogP contribution in [0.4, 0.5) is 11.4 Å². The molecule has 2 aromatic heterocycles. The van der Waals surface area contributed by atoms with E-state index in [2.05, 4.69) is 20.3 Å². The maximum atomic E-state index is 13.2. The number of aliphatic imine (C=N–C) groups is 1. The average molecular weight is 399 g/mol. The molecule has 7 nitrogen and oxygen atoms in total. The van der Waals surface area contributed by atoms with Crippen LogP contribution in [0.1, 0.15) is 22.8 Å². The molecule has 0 spiro atoms. The minimum Gasteiger partial charge on any atom is -0.482 e. The fourth-order valence-corrected chi connectivity index (χ4v) is 3.71. The number of hydrogen-bond donors (Lipinski definition) is 2. The van der Waals surface area contributed by atoms with E-state index in [0.29, 0.717) is 51.1 Å². The maximum absolute atomic E-state index is 13.2. The number of carbonyl (C=O) groups is 1. The highest BCUT2D eigenvalue weighted by Gasteiger charge is 2.38. The highest BCUT2D eigenvalue weighted by atomic mass is 35.5. The fraction of sp³-hybridized carbons (Fsp3) is 0.250. The number of nitrogens with one attached hydrogen (secondary N) is 2. The van der Waals surface area contributed by atoms with Crippen LogP contribution in [0.3, 0.4) is 0 Å². The summed E-state index contributed by atoms with van der Waals surface area (Å²) in [6, 6.07) is 6.97. The molecule has 0 amide bonds. The van der Waals surface area contributed by atoms with Gasteiger partial charge in [-0.15, -0.1) is 0 Å². The predicted molar refractivity (Wildman–Crippen MR) is 109 cm³/mol. The van der Waals surface area contributed by atoms with E-state index < -0.39 is 5.54 Å². The molecule has 8 heteroatoms. The zero-order chi connectivity index (χ0) is 19.9. The second kappa shape index (κ2) is 6.92. The molecule has 28 heavy (non-hydrogen) atoms. The topological polar surface area (TPSA) is 88.6 Å². The van der Waals surface area contributed by atoms with Gasteiger partial charge in [0.15, 0.2) is 5.78 Å². The highest BCUT2D eigenvalue weighted by molar-refractivity contribution is 6.35. The van der Waals surface area contributed by atoms with Crippen molar-refractivity contribution in [2.24, 2.45) is 4.99 Å². The third-order valence-corrected chi connectivity index (χ3v) is 5.10. The minimum absolute atomic E-state index is 0.191. The van der Waals surface area contributed by atoms with Gasteiger partial charge in [-0.1, -0.05) is 23.7 Å². The smallest absolute Gasteiger partial charge is 0.216 e. The van der Waals surface area contributed by atoms with E-state index in [1.807, 2.05) is 6.92 Å². The summed E-state index contributed by atoms with van der Waals surface area (Å²) in [4.78, 5) is 25.3. The molecule has 0 unspecified atom stereocenters. The van der Waals surface area contributed by atoms with Gasteiger partial charge >= 0.3 is 0 Å². The van der Waals surface area contributed by atoms with Crippen molar-refractivity contribution in [3.8, 4) is 0 Å². The Labute approximate surface area is 166 Å². The van der Waals surface area contributed by atoms with Gasteiger partial charge < -0.3 is 19.8 Å². The van der Waals surface area contributed by atoms with Crippen LogP contribution in [0.5, 0.6) is 0 Å². The van der Waals surface area contributed by atoms with Crippen LogP contribution in [0.15, 0.2) is 41.7 Å². The van der Waals surface area contributed by atoms with Gasteiger partial charge in [-0.25, -0.2) is 9.98 Å². The second-order valence-corrected chi connectivity index (χ2v) is 7.17. The number of fused-ring (bicyclic) bond motifs is 3. The second-order valence-electron chi connectivity index (χ2n) is 6.76. The number of ether oxygens (including phenoxy) is 2. The molecule has 2 N–H and O–H groups in total. The summed E-state index contributed by atoms with van der Waals surface area (Å²) < 4.78 is 10.8. The summed E-state index contributed by atoms with van der Waals surface area (Å²) in [6.45, 7) is 2.26. The standard InChI is InChI=1S/C20H19ClN4O3/c1-20(10-27-2)19(28-3)24-14-9-23-18-15(16(14)25-20)12(8-22-18)17(26)11-6-4-5-7-13(11)21/h4-9,25H,10H2,1-3H3,(H,22,23)/t20-/m0/s1. The number of halogens is 1. The summed E-state index contributed by atoms with van der Waals surface area (Å²) in [5.74, 6) is 0.293. The number of carbonyl (C=O) groups excluding carboxylic acids is 1. The molecular weight excluding hydrogens is 380 g/mol. The first kappa shape index (κ1) is 18.5. The quantitative estimate of drug-likeness (QED) is 0.649. The number of rotatable bonds is 4. The van der Waals surface area contributed by atoms with Crippen LogP contribution in [0, 0.1) is 0 Å². The average Bonchev–Trinajstić information content (AvgIpc) is 3.12. The minimum atomic E-state index is -0.688. The van der Waals surface area contributed by atoms with Gasteiger partial charge in [0.05, 0.1) is 41.6 Å². The molecule has 0 saturated carbocycles. The number of nitrogens with zero attached hydrogens (tertiary/aromatic N) is 2. The van der Waals surface area contributed by atoms with Gasteiger partial charge in [0.2, 0.25) is 5.90 Å². The zero-order valence-corrected chi connectivity index (χ0v) is 16.4. The maximum Gasteiger partial charge on any atom is 0.216 e. The van der Waals surface area contributed by atoms with Gasteiger partial charge in [0, 0.05) is 18.9 Å². The SMILES string of the molecule is COC[C@]1(C)Nc2c(cnc3[nH]cc(C(=O)c4ccccc4Cl)c23)N=C1OC. The van der Waals surface area contributed by atoms with E-state index in [0.717, 1.165) is 0 Å². The molecule has 0 fully saturated rings. The Morgan fingerprint density at radius 2 is 2.04 bits per heavy atom. The van der Waals surface area contributed by atoms with Crippen LogP contribution in [-0.2, 0) is 9.47 Å². The molecule has 1 aromatic carbocycles. The number of hydrogen-bond acceptors (Lipinski definition) is 6.